The Morgan fingerprint density at radius 3 is 2.20 bits per heavy atom. The molecule has 1 amide bonds. The van der Waals surface area contributed by atoms with Crippen molar-refractivity contribution in [2.75, 3.05) is 31.9 Å². The predicted octanol–water partition coefficient (Wildman–Crippen LogP) is 0.288. The summed E-state index contributed by atoms with van der Waals surface area (Å²) in [5.41, 5.74) is 6.07. The van der Waals surface area contributed by atoms with Crippen molar-refractivity contribution in [3.63, 3.8) is 0 Å². The zero-order valence-electron chi connectivity index (χ0n) is 11.0. The second-order valence-electron chi connectivity index (χ2n) is 4.50. The highest BCUT2D eigenvalue weighted by Crippen LogP contribution is 2.18. The van der Waals surface area contributed by atoms with Crippen LogP contribution in [0.5, 0.6) is 0 Å². The first-order chi connectivity index (χ1) is 9.45. The van der Waals surface area contributed by atoms with Gasteiger partial charge in [-0.2, -0.15) is 4.31 Å². The number of carbonyl (C=O) groups excluding carboxylic acids is 1. The standard InChI is InChI=1S/C13H17N3O3S/c1-2-13(17)15-7-9-16(10-8-15)20(18,19)12-5-3-11(14)4-6-12/h2-6H,1,7-10,14H2. The van der Waals surface area contributed by atoms with Crippen LogP contribution in [0.15, 0.2) is 41.8 Å². The van der Waals surface area contributed by atoms with E-state index in [4.69, 9.17) is 5.73 Å². The van der Waals surface area contributed by atoms with Crippen LogP contribution >= 0.6 is 0 Å². The lowest BCUT2D eigenvalue weighted by Gasteiger charge is -2.33. The summed E-state index contributed by atoms with van der Waals surface area (Å²) in [5.74, 6) is -0.172. The lowest BCUT2D eigenvalue weighted by Crippen LogP contribution is -2.50. The van der Waals surface area contributed by atoms with Crippen molar-refractivity contribution in [3.8, 4) is 0 Å². The Bertz CT molecular complexity index is 602. The van der Waals surface area contributed by atoms with E-state index in [0.29, 0.717) is 18.8 Å². The van der Waals surface area contributed by atoms with E-state index in [9.17, 15) is 13.2 Å². The van der Waals surface area contributed by atoms with Crippen molar-refractivity contribution in [1.29, 1.82) is 0 Å². The first kappa shape index (κ1) is 14.5. The van der Waals surface area contributed by atoms with Crippen molar-refractivity contribution in [2.24, 2.45) is 0 Å². The number of piperazine rings is 1. The van der Waals surface area contributed by atoms with Crippen molar-refractivity contribution >= 4 is 21.6 Å². The summed E-state index contributed by atoms with van der Waals surface area (Å²) in [6.45, 7) is 4.74. The number of benzene rings is 1. The van der Waals surface area contributed by atoms with Gasteiger partial charge in [0.15, 0.2) is 0 Å². The first-order valence-electron chi connectivity index (χ1n) is 6.22. The molecule has 7 heteroatoms. The summed E-state index contributed by atoms with van der Waals surface area (Å²) in [5, 5.41) is 0. The van der Waals surface area contributed by atoms with E-state index in [-0.39, 0.29) is 23.9 Å². The number of amides is 1. The number of carbonyl (C=O) groups is 1. The van der Waals surface area contributed by atoms with E-state index in [1.54, 1.807) is 17.0 Å². The van der Waals surface area contributed by atoms with Crippen LogP contribution in [0.3, 0.4) is 0 Å². The quantitative estimate of drug-likeness (QED) is 0.641. The molecule has 1 heterocycles. The molecule has 1 aromatic rings. The molecular formula is C13H17N3O3S. The third-order valence-corrected chi connectivity index (χ3v) is 5.16. The average Bonchev–Trinajstić information content (AvgIpc) is 2.47. The molecule has 1 saturated heterocycles. The van der Waals surface area contributed by atoms with Gasteiger partial charge in [0.1, 0.15) is 0 Å². The van der Waals surface area contributed by atoms with Crippen molar-refractivity contribution < 1.29 is 13.2 Å². The Hall–Kier alpha value is -1.86. The topological polar surface area (TPSA) is 83.7 Å². The van der Waals surface area contributed by atoms with Crippen molar-refractivity contribution in [2.45, 2.75) is 4.90 Å². The molecule has 0 aromatic heterocycles. The molecule has 108 valence electrons. The minimum absolute atomic E-state index is 0.172. The van der Waals surface area contributed by atoms with Gasteiger partial charge in [-0.1, -0.05) is 6.58 Å². The number of nitrogens with zero attached hydrogens (tertiary/aromatic N) is 2. The lowest BCUT2D eigenvalue weighted by molar-refractivity contribution is -0.127. The zero-order chi connectivity index (χ0) is 14.8. The average molecular weight is 295 g/mol. The molecule has 1 aliphatic heterocycles. The summed E-state index contributed by atoms with van der Waals surface area (Å²) in [6, 6.07) is 6.10. The summed E-state index contributed by atoms with van der Waals surface area (Å²) < 4.78 is 26.2. The smallest absolute Gasteiger partial charge is 0.246 e. The molecule has 1 aliphatic rings. The van der Waals surface area contributed by atoms with Gasteiger partial charge in [0.2, 0.25) is 15.9 Å². The highest BCUT2D eigenvalue weighted by Gasteiger charge is 2.29. The largest absolute Gasteiger partial charge is 0.399 e. The Kier molecular flexibility index (Phi) is 4.10. The maximum Gasteiger partial charge on any atom is 0.246 e. The van der Waals surface area contributed by atoms with Crippen LogP contribution in [0.2, 0.25) is 0 Å². The highest BCUT2D eigenvalue weighted by molar-refractivity contribution is 7.89. The van der Waals surface area contributed by atoms with E-state index in [0.717, 1.165) is 0 Å². The van der Waals surface area contributed by atoms with Crippen LogP contribution in [-0.4, -0.2) is 49.7 Å². The molecule has 6 nitrogen and oxygen atoms in total. The van der Waals surface area contributed by atoms with E-state index in [1.165, 1.54) is 22.5 Å². The van der Waals surface area contributed by atoms with Crippen LogP contribution in [0.25, 0.3) is 0 Å². The lowest BCUT2D eigenvalue weighted by atomic mass is 10.3. The third kappa shape index (κ3) is 2.83. The maximum atomic E-state index is 12.4. The predicted molar refractivity (Wildman–Crippen MR) is 76.4 cm³/mol. The van der Waals surface area contributed by atoms with Crippen LogP contribution in [0, 0.1) is 0 Å². The Morgan fingerprint density at radius 1 is 1.15 bits per heavy atom. The summed E-state index contributed by atoms with van der Waals surface area (Å²) in [6.07, 6.45) is 1.24. The minimum Gasteiger partial charge on any atom is -0.399 e. The highest BCUT2D eigenvalue weighted by atomic mass is 32.2. The van der Waals surface area contributed by atoms with Crippen molar-refractivity contribution in [3.05, 3.63) is 36.9 Å². The van der Waals surface area contributed by atoms with Gasteiger partial charge >= 0.3 is 0 Å². The Morgan fingerprint density at radius 2 is 1.70 bits per heavy atom. The van der Waals surface area contributed by atoms with Crippen LogP contribution < -0.4 is 5.73 Å². The van der Waals surface area contributed by atoms with E-state index in [1.807, 2.05) is 0 Å². The molecule has 2 rings (SSSR count). The second kappa shape index (κ2) is 5.64. The molecule has 1 fully saturated rings. The molecule has 0 unspecified atom stereocenters. The number of nitrogens with two attached hydrogens (primary N) is 1. The Balaban J connectivity index is 2.11. The molecule has 0 saturated carbocycles. The van der Waals surface area contributed by atoms with E-state index in [2.05, 4.69) is 6.58 Å². The molecule has 1 aromatic carbocycles. The molecule has 20 heavy (non-hydrogen) atoms. The summed E-state index contributed by atoms with van der Waals surface area (Å²) >= 11 is 0. The molecule has 0 bridgehead atoms. The van der Waals surface area contributed by atoms with Crippen molar-refractivity contribution in [1.82, 2.24) is 9.21 Å². The van der Waals surface area contributed by atoms with Gasteiger partial charge in [-0.05, 0) is 30.3 Å². The van der Waals surface area contributed by atoms with Gasteiger partial charge in [0, 0.05) is 31.9 Å². The molecule has 0 spiro atoms. The molecular weight excluding hydrogens is 278 g/mol. The monoisotopic (exact) mass is 295 g/mol. The number of hydrogen-bond donors (Lipinski definition) is 1. The number of rotatable bonds is 3. The van der Waals surface area contributed by atoms with Crippen LogP contribution in [0.1, 0.15) is 0 Å². The molecule has 0 atom stereocenters. The van der Waals surface area contributed by atoms with Crippen LogP contribution in [-0.2, 0) is 14.8 Å². The first-order valence-corrected chi connectivity index (χ1v) is 7.66. The fourth-order valence-electron chi connectivity index (χ4n) is 2.07. The Labute approximate surface area is 118 Å². The van der Waals surface area contributed by atoms with Gasteiger partial charge in [0.25, 0.3) is 0 Å². The number of anilines is 1. The van der Waals surface area contributed by atoms with E-state index < -0.39 is 10.0 Å². The maximum absolute atomic E-state index is 12.4. The minimum atomic E-state index is -3.52. The normalized spacial score (nSPS) is 16.9. The number of hydrogen-bond acceptors (Lipinski definition) is 4. The fraction of sp³-hybridized carbons (Fsp3) is 0.308. The van der Waals surface area contributed by atoms with E-state index >= 15 is 0 Å². The second-order valence-corrected chi connectivity index (χ2v) is 6.44. The van der Waals surface area contributed by atoms with Gasteiger partial charge in [-0.15, -0.1) is 0 Å². The zero-order valence-corrected chi connectivity index (χ0v) is 11.8. The fourth-order valence-corrected chi connectivity index (χ4v) is 3.49. The van der Waals surface area contributed by atoms with Gasteiger partial charge in [0.05, 0.1) is 4.90 Å². The molecule has 0 radical (unpaired) electrons. The van der Waals surface area contributed by atoms with Gasteiger partial charge in [-0.3, -0.25) is 4.79 Å². The van der Waals surface area contributed by atoms with Gasteiger partial charge in [-0.25, -0.2) is 8.42 Å². The third-order valence-electron chi connectivity index (χ3n) is 3.24. The number of nitrogen functional groups attached to an aromatic ring is 1. The van der Waals surface area contributed by atoms with Gasteiger partial charge < -0.3 is 10.6 Å². The molecule has 2 N–H and O–H groups in total. The van der Waals surface area contributed by atoms with Crippen LogP contribution in [0.4, 0.5) is 5.69 Å². The molecule has 0 aliphatic carbocycles. The summed E-state index contributed by atoms with van der Waals surface area (Å²) in [4.78, 5) is 13.3. The summed E-state index contributed by atoms with van der Waals surface area (Å²) in [7, 11) is -3.52. The SMILES string of the molecule is C=CC(=O)N1CCN(S(=O)(=O)c2ccc(N)cc2)CC1. The number of sulfonamides is 1.